The van der Waals surface area contributed by atoms with E-state index in [1.807, 2.05) is 0 Å². The first-order chi connectivity index (χ1) is 7.15. The molecule has 6 nitrogen and oxygen atoms in total. The van der Waals surface area contributed by atoms with Gasteiger partial charge in [-0.2, -0.15) is 0 Å². The van der Waals surface area contributed by atoms with Gasteiger partial charge in [-0.25, -0.2) is 4.79 Å². The van der Waals surface area contributed by atoms with Crippen LogP contribution < -0.4 is 5.32 Å². The lowest BCUT2D eigenvalue weighted by Crippen LogP contribution is -2.36. The van der Waals surface area contributed by atoms with E-state index in [0.717, 1.165) is 0 Å². The second-order valence-electron chi connectivity index (χ2n) is 2.78. The number of alkyl carbamates (subject to hydrolysis) is 1. The monoisotopic (exact) mass is 212 g/mol. The summed E-state index contributed by atoms with van der Waals surface area (Å²) in [4.78, 5) is 14.8. The molecule has 82 valence electrons. The van der Waals surface area contributed by atoms with Crippen molar-refractivity contribution >= 4 is 6.09 Å². The third-order valence-electron chi connectivity index (χ3n) is 1.76. The Morgan fingerprint density at radius 3 is 2.73 bits per heavy atom. The number of nitrogens with one attached hydrogen (secondary N) is 1. The molecule has 1 atom stereocenters. The van der Waals surface area contributed by atoms with Gasteiger partial charge >= 0.3 is 6.09 Å². The summed E-state index contributed by atoms with van der Waals surface area (Å²) in [7, 11) is 1.19. The van der Waals surface area contributed by atoms with Crippen molar-refractivity contribution in [3.8, 4) is 0 Å². The van der Waals surface area contributed by atoms with Crippen LogP contribution in [0.15, 0.2) is 24.4 Å². The zero-order valence-electron chi connectivity index (χ0n) is 8.12. The molecule has 3 N–H and O–H groups in total. The fourth-order valence-electron chi connectivity index (χ4n) is 1.05. The highest BCUT2D eigenvalue weighted by molar-refractivity contribution is 5.67. The van der Waals surface area contributed by atoms with Gasteiger partial charge in [-0.3, -0.25) is 4.98 Å². The third kappa shape index (κ3) is 3.19. The standard InChI is InChI=1S/C9H12N2O4/c1-15-9(14)11-7(8(12)13)6-4-2-3-5-10-6/h2-5,7-8,12-13H,1H3,(H,11,14). The Morgan fingerprint density at radius 1 is 1.53 bits per heavy atom. The number of ether oxygens (including phenoxy) is 1. The van der Waals surface area contributed by atoms with Crippen molar-refractivity contribution in [3.63, 3.8) is 0 Å². The van der Waals surface area contributed by atoms with Crippen molar-refractivity contribution in [1.82, 2.24) is 10.3 Å². The van der Waals surface area contributed by atoms with Gasteiger partial charge in [0.15, 0.2) is 6.29 Å². The van der Waals surface area contributed by atoms with E-state index >= 15 is 0 Å². The van der Waals surface area contributed by atoms with E-state index in [2.05, 4.69) is 15.0 Å². The lowest BCUT2D eigenvalue weighted by molar-refractivity contribution is -0.0678. The van der Waals surface area contributed by atoms with Gasteiger partial charge < -0.3 is 20.3 Å². The summed E-state index contributed by atoms with van der Waals surface area (Å²) in [5.74, 6) is 0. The second-order valence-corrected chi connectivity index (χ2v) is 2.78. The first-order valence-electron chi connectivity index (χ1n) is 4.26. The predicted molar refractivity (Wildman–Crippen MR) is 50.7 cm³/mol. The van der Waals surface area contributed by atoms with Crippen molar-refractivity contribution in [3.05, 3.63) is 30.1 Å². The molecule has 6 heteroatoms. The molecule has 0 saturated carbocycles. The van der Waals surface area contributed by atoms with Gasteiger partial charge in [0, 0.05) is 6.20 Å². The van der Waals surface area contributed by atoms with Crippen LogP contribution in [0.4, 0.5) is 4.79 Å². The van der Waals surface area contributed by atoms with Gasteiger partial charge in [-0.05, 0) is 12.1 Å². The molecule has 0 aliphatic heterocycles. The lowest BCUT2D eigenvalue weighted by Gasteiger charge is -2.18. The van der Waals surface area contributed by atoms with Gasteiger partial charge in [0.25, 0.3) is 0 Å². The molecule has 0 aliphatic carbocycles. The Morgan fingerprint density at radius 2 is 2.27 bits per heavy atom. The van der Waals surface area contributed by atoms with Crippen LogP contribution >= 0.6 is 0 Å². The normalized spacial score (nSPS) is 12.3. The van der Waals surface area contributed by atoms with E-state index in [1.54, 1.807) is 18.2 Å². The molecule has 1 aromatic rings. The number of aromatic nitrogens is 1. The van der Waals surface area contributed by atoms with Crippen LogP contribution in [0, 0.1) is 0 Å². The topological polar surface area (TPSA) is 91.7 Å². The van der Waals surface area contributed by atoms with Crippen LogP contribution in [-0.4, -0.2) is 34.7 Å². The number of nitrogens with zero attached hydrogens (tertiary/aromatic N) is 1. The van der Waals surface area contributed by atoms with Crippen molar-refractivity contribution in [2.75, 3.05) is 7.11 Å². The molecule has 1 aromatic heterocycles. The van der Waals surface area contributed by atoms with Gasteiger partial charge in [-0.1, -0.05) is 6.07 Å². The second kappa shape index (κ2) is 5.28. The van der Waals surface area contributed by atoms with Crippen LogP contribution in [0.5, 0.6) is 0 Å². The third-order valence-corrected chi connectivity index (χ3v) is 1.76. The quantitative estimate of drug-likeness (QED) is 0.603. The Balaban J connectivity index is 2.79. The number of hydrogen-bond donors (Lipinski definition) is 3. The molecule has 0 radical (unpaired) electrons. The molecule has 1 amide bonds. The van der Waals surface area contributed by atoms with Crippen LogP contribution in [0.1, 0.15) is 11.7 Å². The van der Waals surface area contributed by atoms with Gasteiger partial charge in [-0.15, -0.1) is 0 Å². The number of aliphatic hydroxyl groups is 2. The SMILES string of the molecule is COC(=O)NC(c1ccccn1)C(O)O. The number of methoxy groups -OCH3 is 1. The summed E-state index contributed by atoms with van der Waals surface area (Å²) in [5, 5.41) is 20.4. The minimum atomic E-state index is -1.74. The predicted octanol–water partition coefficient (Wildman–Crippen LogP) is -0.211. The van der Waals surface area contributed by atoms with E-state index < -0.39 is 18.4 Å². The highest BCUT2D eigenvalue weighted by Gasteiger charge is 2.22. The molecule has 0 aromatic carbocycles. The summed E-state index contributed by atoms with van der Waals surface area (Å²) >= 11 is 0. The van der Waals surface area contributed by atoms with E-state index in [9.17, 15) is 4.79 Å². The Bertz CT molecular complexity index is 315. The summed E-state index contributed by atoms with van der Waals surface area (Å²) in [6.07, 6.45) is -0.998. The van der Waals surface area contributed by atoms with E-state index in [-0.39, 0.29) is 0 Å². The highest BCUT2D eigenvalue weighted by Crippen LogP contribution is 2.12. The molecule has 15 heavy (non-hydrogen) atoms. The maximum absolute atomic E-state index is 10.9. The maximum atomic E-state index is 10.9. The number of carbonyl (C=O) groups excluding carboxylic acids is 1. The Kier molecular flexibility index (Phi) is 4.02. The summed E-state index contributed by atoms with van der Waals surface area (Å²) < 4.78 is 4.35. The molecular weight excluding hydrogens is 200 g/mol. The first-order valence-corrected chi connectivity index (χ1v) is 4.26. The maximum Gasteiger partial charge on any atom is 0.407 e. The zero-order valence-corrected chi connectivity index (χ0v) is 8.12. The minimum Gasteiger partial charge on any atom is -0.453 e. The number of amides is 1. The molecule has 0 fully saturated rings. The van der Waals surface area contributed by atoms with Crippen LogP contribution in [0.25, 0.3) is 0 Å². The number of rotatable bonds is 3. The molecule has 0 bridgehead atoms. The lowest BCUT2D eigenvalue weighted by atomic mass is 10.2. The van der Waals surface area contributed by atoms with Crippen LogP contribution in [0.3, 0.4) is 0 Å². The largest absolute Gasteiger partial charge is 0.453 e. The van der Waals surface area contributed by atoms with Crippen LogP contribution in [-0.2, 0) is 4.74 Å². The van der Waals surface area contributed by atoms with Gasteiger partial charge in [0.2, 0.25) is 0 Å². The molecule has 1 rings (SSSR count). The zero-order chi connectivity index (χ0) is 11.3. The minimum absolute atomic E-state index is 0.345. The van der Waals surface area contributed by atoms with Crippen molar-refractivity contribution < 1.29 is 19.7 Å². The van der Waals surface area contributed by atoms with Crippen molar-refractivity contribution in [2.24, 2.45) is 0 Å². The fraction of sp³-hybridized carbons (Fsp3) is 0.333. The Hall–Kier alpha value is -1.66. The average Bonchev–Trinajstić information content (AvgIpc) is 2.26. The summed E-state index contributed by atoms with van der Waals surface area (Å²) in [5.41, 5.74) is 0.345. The van der Waals surface area contributed by atoms with E-state index in [1.165, 1.54) is 13.3 Å². The molecule has 0 spiro atoms. The molecule has 0 aliphatic rings. The van der Waals surface area contributed by atoms with E-state index in [4.69, 9.17) is 10.2 Å². The number of hydrogen-bond acceptors (Lipinski definition) is 5. The fourth-order valence-corrected chi connectivity index (χ4v) is 1.05. The number of carbonyl (C=O) groups is 1. The summed E-state index contributed by atoms with van der Waals surface area (Å²) in [6.45, 7) is 0. The smallest absolute Gasteiger partial charge is 0.407 e. The molecule has 0 saturated heterocycles. The van der Waals surface area contributed by atoms with Crippen LogP contribution in [0.2, 0.25) is 0 Å². The Labute approximate surface area is 86.5 Å². The van der Waals surface area contributed by atoms with Crippen molar-refractivity contribution in [1.29, 1.82) is 0 Å². The number of pyridine rings is 1. The molecular formula is C9H12N2O4. The number of aliphatic hydroxyl groups excluding tert-OH is 1. The summed E-state index contributed by atoms with van der Waals surface area (Å²) in [6, 6.07) is 3.93. The molecule has 1 heterocycles. The highest BCUT2D eigenvalue weighted by atomic mass is 16.5. The van der Waals surface area contributed by atoms with Gasteiger partial charge in [0.05, 0.1) is 12.8 Å². The first kappa shape index (κ1) is 11.4. The average molecular weight is 212 g/mol. The van der Waals surface area contributed by atoms with Crippen molar-refractivity contribution in [2.45, 2.75) is 12.3 Å². The van der Waals surface area contributed by atoms with E-state index in [0.29, 0.717) is 5.69 Å². The van der Waals surface area contributed by atoms with Gasteiger partial charge in [0.1, 0.15) is 6.04 Å². The molecule has 1 unspecified atom stereocenters.